The van der Waals surface area contributed by atoms with E-state index in [9.17, 15) is 19.0 Å². The highest BCUT2D eigenvalue weighted by molar-refractivity contribution is 7.45. The molecule has 0 N–H and O–H groups in total. The summed E-state index contributed by atoms with van der Waals surface area (Å²) < 4.78 is 34.3. The molecule has 0 heterocycles. The lowest BCUT2D eigenvalue weighted by atomic mass is 10.0. The number of unbranched alkanes of at least 4 members (excludes halogenated alkanes) is 32. The van der Waals surface area contributed by atoms with Gasteiger partial charge in [-0.15, -0.1) is 0 Å². The maximum Gasteiger partial charge on any atom is 0.306 e. The summed E-state index contributed by atoms with van der Waals surface area (Å²) in [5, 5.41) is 0. The Morgan fingerprint density at radius 2 is 0.648 bits per heavy atom. The molecule has 0 aromatic rings. The van der Waals surface area contributed by atoms with Crippen LogP contribution < -0.4 is 4.89 Å². The summed E-state index contributed by atoms with van der Waals surface area (Å²) in [6, 6.07) is 0. The number of allylic oxidation sites excluding steroid dienone is 20. The molecule has 0 amide bonds. The number of carbonyl (C=O) groups excluding carboxylic acids is 2. The average Bonchev–Trinajstić information content (AvgIpc) is 3.60. The average molecular weight is 1250 g/mol. The number of carbonyl (C=O) groups is 2. The third-order valence-corrected chi connectivity index (χ3v) is 16.4. The zero-order valence-electron chi connectivity index (χ0n) is 57.6. The summed E-state index contributed by atoms with van der Waals surface area (Å²) in [4.78, 5) is 38.1. The van der Waals surface area contributed by atoms with Gasteiger partial charge >= 0.3 is 11.9 Å². The first-order chi connectivity index (χ1) is 43.0. The maximum atomic E-state index is 12.9. The molecule has 10 heteroatoms. The number of phosphoric acid groups is 1. The van der Waals surface area contributed by atoms with Gasteiger partial charge in [0, 0.05) is 12.8 Å². The molecule has 0 bridgehead atoms. The zero-order chi connectivity index (χ0) is 64.1. The summed E-state index contributed by atoms with van der Waals surface area (Å²) in [6.07, 6.45) is 97.2. The first-order valence-corrected chi connectivity index (χ1v) is 37.7. The summed E-state index contributed by atoms with van der Waals surface area (Å²) in [5.74, 6) is -0.852. The van der Waals surface area contributed by atoms with Crippen LogP contribution in [0.1, 0.15) is 309 Å². The van der Waals surface area contributed by atoms with Crippen LogP contribution in [0.4, 0.5) is 0 Å². The van der Waals surface area contributed by atoms with Gasteiger partial charge in [0.25, 0.3) is 7.82 Å². The third-order valence-electron chi connectivity index (χ3n) is 15.5. The number of likely N-dealkylation sites (N-methyl/N-ethyl adjacent to an activating group) is 1. The summed E-state index contributed by atoms with van der Waals surface area (Å²) in [7, 11) is 1.15. The van der Waals surface area contributed by atoms with Crippen LogP contribution in [0.15, 0.2) is 122 Å². The molecule has 0 saturated carbocycles. The number of phosphoric ester groups is 1. The van der Waals surface area contributed by atoms with Crippen LogP contribution in [0.5, 0.6) is 0 Å². The van der Waals surface area contributed by atoms with Crippen molar-refractivity contribution in [2.45, 2.75) is 315 Å². The highest BCUT2D eigenvalue weighted by atomic mass is 31.2. The van der Waals surface area contributed by atoms with Gasteiger partial charge in [0.05, 0.1) is 27.7 Å². The first kappa shape index (κ1) is 84.4. The molecule has 0 aromatic heterocycles. The molecule has 506 valence electrons. The lowest BCUT2D eigenvalue weighted by Crippen LogP contribution is -2.37. The monoisotopic (exact) mass is 1250 g/mol. The number of nitrogens with zero attached hydrogens (tertiary/aromatic N) is 1. The second kappa shape index (κ2) is 67.8. The minimum absolute atomic E-state index is 0.0398. The molecule has 0 rings (SSSR count). The topological polar surface area (TPSA) is 111 Å². The van der Waals surface area contributed by atoms with Crippen LogP contribution in [0.2, 0.25) is 0 Å². The van der Waals surface area contributed by atoms with Crippen molar-refractivity contribution in [1.29, 1.82) is 0 Å². The maximum absolute atomic E-state index is 12.9. The molecule has 0 aromatic carbocycles. The molecular formula is C78H136NO8P. The number of quaternary nitrogens is 1. The number of hydrogen-bond acceptors (Lipinski definition) is 8. The van der Waals surface area contributed by atoms with Gasteiger partial charge < -0.3 is 27.9 Å². The van der Waals surface area contributed by atoms with Crippen molar-refractivity contribution in [2.24, 2.45) is 0 Å². The molecule has 0 aliphatic carbocycles. The van der Waals surface area contributed by atoms with E-state index in [1.807, 2.05) is 21.1 Å². The normalized spacial score (nSPS) is 13.8. The highest BCUT2D eigenvalue weighted by Gasteiger charge is 2.22. The van der Waals surface area contributed by atoms with Gasteiger partial charge in [0.15, 0.2) is 6.10 Å². The van der Waals surface area contributed by atoms with Crippen molar-refractivity contribution >= 4 is 19.8 Å². The van der Waals surface area contributed by atoms with Crippen LogP contribution in [-0.4, -0.2) is 70.0 Å². The van der Waals surface area contributed by atoms with Crippen molar-refractivity contribution in [2.75, 3.05) is 47.5 Å². The van der Waals surface area contributed by atoms with E-state index in [-0.39, 0.29) is 32.0 Å². The molecule has 0 fully saturated rings. The first-order valence-electron chi connectivity index (χ1n) is 36.2. The Morgan fingerprint density at radius 1 is 0.364 bits per heavy atom. The van der Waals surface area contributed by atoms with E-state index in [1.54, 1.807) is 0 Å². The fourth-order valence-corrected chi connectivity index (χ4v) is 10.7. The van der Waals surface area contributed by atoms with Crippen molar-refractivity contribution in [1.82, 2.24) is 0 Å². The fourth-order valence-electron chi connectivity index (χ4n) is 9.94. The molecular weight excluding hydrogens is 1110 g/mol. The van der Waals surface area contributed by atoms with Gasteiger partial charge in [-0.25, -0.2) is 0 Å². The van der Waals surface area contributed by atoms with Crippen molar-refractivity contribution < 1.29 is 42.1 Å². The standard InChI is InChI=1S/C78H136NO8P/c1-6-8-10-12-14-16-18-20-22-24-26-28-30-32-34-35-36-37-38-39-40-41-42-43-45-46-48-50-52-54-56-58-60-62-64-66-68-70-77(80)84-74-76(75-86-88(82,83)85-73-72-79(3,4)5)87-78(81)71-69-67-65-63-61-59-57-55-53-51-49-47-44-33-31-29-27-25-23-21-19-17-15-13-11-9-7-2/h9,11,15,17-18,20-21,23-24,26-27,29-30,32-33,44,49,51,55,57,76H,6-8,10,12-14,16,19,22,25,28,31,34-43,45-48,50,52-54,56,58-75H2,1-5H3/b11-9-,17-15-,20-18-,23-21-,26-24-,29-27-,32-30-,44-33-,51-49-,57-55-. The summed E-state index contributed by atoms with van der Waals surface area (Å²) >= 11 is 0. The Bertz CT molecular complexity index is 1900. The molecule has 0 radical (unpaired) electrons. The lowest BCUT2D eigenvalue weighted by Gasteiger charge is -2.28. The zero-order valence-corrected chi connectivity index (χ0v) is 58.5. The second-order valence-corrected chi connectivity index (χ2v) is 26.6. The molecule has 0 spiro atoms. The van der Waals surface area contributed by atoms with Crippen LogP contribution in [0, 0.1) is 0 Å². The molecule has 0 aliphatic rings. The van der Waals surface area contributed by atoms with Gasteiger partial charge in [0.2, 0.25) is 0 Å². The second-order valence-electron chi connectivity index (χ2n) is 25.2. The summed E-state index contributed by atoms with van der Waals surface area (Å²) in [5.41, 5.74) is 0. The molecule has 0 saturated heterocycles. The van der Waals surface area contributed by atoms with Gasteiger partial charge in [-0.3, -0.25) is 14.2 Å². The van der Waals surface area contributed by atoms with Crippen LogP contribution in [0.3, 0.4) is 0 Å². The molecule has 9 nitrogen and oxygen atoms in total. The van der Waals surface area contributed by atoms with E-state index in [4.69, 9.17) is 18.5 Å². The van der Waals surface area contributed by atoms with E-state index in [1.165, 1.54) is 167 Å². The molecule has 88 heavy (non-hydrogen) atoms. The van der Waals surface area contributed by atoms with Crippen molar-refractivity contribution in [3.8, 4) is 0 Å². The van der Waals surface area contributed by atoms with Crippen LogP contribution in [0.25, 0.3) is 0 Å². The quantitative estimate of drug-likeness (QED) is 0.0195. The minimum atomic E-state index is -4.66. The molecule has 2 atom stereocenters. The van der Waals surface area contributed by atoms with E-state index < -0.39 is 26.5 Å². The lowest BCUT2D eigenvalue weighted by molar-refractivity contribution is -0.870. The van der Waals surface area contributed by atoms with E-state index in [0.29, 0.717) is 17.4 Å². The Hall–Kier alpha value is -3.59. The summed E-state index contributed by atoms with van der Waals surface area (Å²) in [6.45, 7) is 4.11. The third kappa shape index (κ3) is 71.5. The number of ether oxygens (including phenoxy) is 2. The smallest absolute Gasteiger partial charge is 0.306 e. The van der Waals surface area contributed by atoms with Gasteiger partial charge in [-0.2, -0.15) is 0 Å². The molecule has 0 aliphatic heterocycles. The molecule has 2 unspecified atom stereocenters. The number of esters is 2. The largest absolute Gasteiger partial charge is 0.756 e. The van der Waals surface area contributed by atoms with E-state index >= 15 is 0 Å². The van der Waals surface area contributed by atoms with E-state index in [0.717, 1.165) is 109 Å². The van der Waals surface area contributed by atoms with E-state index in [2.05, 4.69) is 135 Å². The number of rotatable bonds is 66. The predicted molar refractivity (Wildman–Crippen MR) is 378 cm³/mol. The number of hydrogen-bond donors (Lipinski definition) is 0. The highest BCUT2D eigenvalue weighted by Crippen LogP contribution is 2.38. The van der Waals surface area contributed by atoms with Gasteiger partial charge in [-0.05, 0) is 109 Å². The van der Waals surface area contributed by atoms with Crippen molar-refractivity contribution in [3.63, 3.8) is 0 Å². The van der Waals surface area contributed by atoms with Crippen molar-refractivity contribution in [3.05, 3.63) is 122 Å². The minimum Gasteiger partial charge on any atom is -0.756 e. The van der Waals surface area contributed by atoms with Gasteiger partial charge in [-0.1, -0.05) is 309 Å². The predicted octanol–water partition coefficient (Wildman–Crippen LogP) is 23.2. The Labute approximate surface area is 543 Å². The fraction of sp³-hybridized carbons (Fsp3) is 0.718. The van der Waals surface area contributed by atoms with Crippen LogP contribution in [-0.2, 0) is 32.7 Å². The Kier molecular flexibility index (Phi) is 65.0. The van der Waals surface area contributed by atoms with Gasteiger partial charge in [0.1, 0.15) is 19.8 Å². The van der Waals surface area contributed by atoms with Crippen LogP contribution >= 0.6 is 7.82 Å². The Balaban J connectivity index is 4.04. The Morgan fingerprint density at radius 3 is 0.966 bits per heavy atom. The SMILES string of the molecule is CC/C=C\C/C=C\C/C=C\C/C=C\C/C=C\C/C=C\C/C=C\CCCCCCCC(=O)OC(COC(=O)CCCCCCCCCCCCCCCCCCCCCCCC/C=C\C/C=C\C/C=C\CCCCCCC)COP(=O)([O-])OCC[N+](C)(C)C.